The lowest BCUT2D eigenvalue weighted by Crippen LogP contribution is -1.73. The first-order valence-electron chi connectivity index (χ1n) is 1.63. The van der Waals surface area contributed by atoms with Crippen LogP contribution >= 0.6 is 0 Å². The molecule has 0 saturated carbocycles. The molecule has 0 atom stereocenters. The average molecular weight is 84.1 g/mol. The lowest BCUT2D eigenvalue weighted by atomic mass is 10.5. The van der Waals surface area contributed by atoms with Gasteiger partial charge in [0, 0.05) is 7.11 Å². The first kappa shape index (κ1) is 5.45. The fourth-order valence-corrected chi connectivity index (χ4v) is 0.121. The molecule has 0 unspecified atom stereocenters. The average Bonchev–Trinajstić information content (AvgIpc) is 1.61. The molecule has 2 nitrogen and oxygen atoms in total. The summed E-state index contributed by atoms with van der Waals surface area (Å²) in [5.74, 6) is 0. The smallest absolute Gasteiger partial charge is 0.377 e. The Balaban J connectivity index is 2.54. The highest BCUT2D eigenvalue weighted by Crippen LogP contribution is 1.80. The maximum Gasteiger partial charge on any atom is 0.403 e. The van der Waals surface area contributed by atoms with E-state index in [0.29, 0.717) is 6.42 Å². The summed E-state index contributed by atoms with van der Waals surface area (Å²) in [7, 11) is 1.53. The van der Waals surface area contributed by atoms with Gasteiger partial charge in [0.15, 0.2) is 0 Å². The number of nitrogens with zero attached hydrogens (tertiary/aromatic N) is 1. The molecule has 0 aromatic rings. The third-order valence-corrected chi connectivity index (χ3v) is 0.341. The fraction of sp³-hybridized carbons (Fsp3) is 0.500. The minimum atomic E-state index is 0.372. The van der Waals surface area contributed by atoms with Crippen molar-refractivity contribution >= 4 is 0 Å². The van der Waals surface area contributed by atoms with Crippen LogP contribution in [0.15, 0.2) is 0 Å². The molecule has 0 spiro atoms. The number of nitriles is 1. The van der Waals surface area contributed by atoms with E-state index in [9.17, 15) is 0 Å². The molecule has 0 rings (SSSR count). The zero-order valence-corrected chi connectivity index (χ0v) is 3.64. The third-order valence-electron chi connectivity index (χ3n) is 0.341. The number of methoxy groups -OCH3 is 1. The minimum Gasteiger partial charge on any atom is -0.377 e. The predicted molar refractivity (Wildman–Crippen MR) is 23.2 cm³/mol. The van der Waals surface area contributed by atoms with Gasteiger partial charge in [-0.1, -0.05) is 0 Å². The van der Waals surface area contributed by atoms with Crippen LogP contribution in [0.3, 0.4) is 0 Å². The highest BCUT2D eigenvalue weighted by Gasteiger charge is 1.84. The van der Waals surface area contributed by atoms with Crippen molar-refractivity contribution in [3.63, 3.8) is 0 Å². The maximum absolute atomic E-state index is 7.84. The molecule has 6 heavy (non-hydrogen) atoms. The zero-order chi connectivity index (χ0) is 4.83. The van der Waals surface area contributed by atoms with Gasteiger partial charge in [0.1, 0.15) is 13.0 Å². The van der Waals surface area contributed by atoms with Crippen molar-refractivity contribution in [3.8, 4) is 6.07 Å². The number of hydrogen-bond donors (Lipinski definition) is 0. The minimum absolute atomic E-state index is 0.372. The third kappa shape index (κ3) is 3.45. The van der Waals surface area contributed by atoms with Gasteiger partial charge in [0.25, 0.3) is 0 Å². The van der Waals surface area contributed by atoms with Gasteiger partial charge in [-0.3, -0.25) is 0 Å². The summed E-state index contributed by atoms with van der Waals surface area (Å²) in [6.45, 7) is 1.44. The predicted octanol–water partition coefficient (Wildman–Crippen LogP) is 0.982. The molecule has 0 heterocycles. The van der Waals surface area contributed by atoms with E-state index in [-0.39, 0.29) is 0 Å². The molecule has 2 heteroatoms. The maximum atomic E-state index is 7.84. The van der Waals surface area contributed by atoms with Gasteiger partial charge < -0.3 is 4.74 Å². The molecule has 0 aliphatic carbocycles. The molecule has 0 bridgehead atoms. The summed E-state index contributed by atoms with van der Waals surface area (Å²) in [5, 5.41) is 7.84. The van der Waals surface area contributed by atoms with Crippen molar-refractivity contribution in [3.05, 3.63) is 11.9 Å². The Kier molecular flexibility index (Phi) is 4.04. The van der Waals surface area contributed by atoms with Gasteiger partial charge in [0.05, 0.1) is 0 Å². The second-order valence-electron chi connectivity index (χ2n) is 0.765. The Bertz CT molecular complexity index is 55.1. The van der Waals surface area contributed by atoms with E-state index in [0.717, 1.165) is 0 Å². The van der Waals surface area contributed by atoms with Crippen LogP contribution in [0.5, 0.6) is 0 Å². The summed E-state index contributed by atoms with van der Waals surface area (Å²) in [6, 6.07) is 1.89. The molecule has 0 aromatic heterocycles. The molecular formula is C4H6NO+. The van der Waals surface area contributed by atoms with Gasteiger partial charge in [-0.15, -0.1) is 0 Å². The molecule has 0 saturated heterocycles. The summed E-state index contributed by atoms with van der Waals surface area (Å²) < 4.78 is 4.43. The number of hydrogen-bond acceptors (Lipinski definition) is 2. The highest BCUT2D eigenvalue weighted by molar-refractivity contribution is 4.80. The van der Waals surface area contributed by atoms with Crippen LogP contribution in [0.25, 0.3) is 5.26 Å². The highest BCUT2D eigenvalue weighted by atomic mass is 16.5. The van der Waals surface area contributed by atoms with E-state index in [1.807, 2.05) is 6.07 Å². The van der Waals surface area contributed by atoms with Gasteiger partial charge in [-0.2, -0.15) is 0 Å². The van der Waals surface area contributed by atoms with Crippen molar-refractivity contribution in [1.82, 2.24) is 0 Å². The van der Waals surface area contributed by atoms with E-state index in [4.69, 9.17) is 5.26 Å². The molecule has 32 valence electrons. The SMILES string of the molecule is CO[CH]CC#[N+]. The number of rotatable bonds is 2. The Morgan fingerprint density at radius 1 is 2.00 bits per heavy atom. The summed E-state index contributed by atoms with van der Waals surface area (Å²) in [5.41, 5.74) is 0. The van der Waals surface area contributed by atoms with Crippen molar-refractivity contribution in [2.45, 2.75) is 6.42 Å². The first-order chi connectivity index (χ1) is 2.91. The van der Waals surface area contributed by atoms with Gasteiger partial charge >= 0.3 is 11.3 Å². The summed E-state index contributed by atoms with van der Waals surface area (Å²) in [6.07, 6.45) is 0.372. The van der Waals surface area contributed by atoms with Crippen molar-refractivity contribution in [2.75, 3.05) is 7.11 Å². The Labute approximate surface area is 37.3 Å². The second-order valence-corrected chi connectivity index (χ2v) is 0.765. The lowest BCUT2D eigenvalue weighted by Gasteiger charge is -1.78. The van der Waals surface area contributed by atoms with Crippen LogP contribution in [-0.4, -0.2) is 7.11 Å². The Hall–Kier alpha value is -0.550. The zero-order valence-electron chi connectivity index (χ0n) is 3.64. The molecule has 0 aromatic carbocycles. The van der Waals surface area contributed by atoms with E-state index in [1.54, 1.807) is 0 Å². The second kappa shape index (κ2) is 4.45. The van der Waals surface area contributed by atoms with Gasteiger partial charge in [-0.25, -0.2) is 0 Å². The van der Waals surface area contributed by atoms with Crippen LogP contribution in [-0.2, 0) is 4.74 Å². The van der Waals surface area contributed by atoms with Crippen molar-refractivity contribution in [2.24, 2.45) is 0 Å². The lowest BCUT2D eigenvalue weighted by molar-refractivity contribution is 0.275. The van der Waals surface area contributed by atoms with Crippen LogP contribution in [0, 0.1) is 12.7 Å². The molecule has 0 fully saturated rings. The fourth-order valence-electron chi connectivity index (χ4n) is 0.121. The Morgan fingerprint density at radius 3 is 2.83 bits per heavy atom. The van der Waals surface area contributed by atoms with E-state index >= 15 is 0 Å². The summed E-state index contributed by atoms with van der Waals surface area (Å²) >= 11 is 0. The molecule has 0 aliphatic rings. The largest absolute Gasteiger partial charge is 0.403 e. The molecule has 2 radical (unpaired) electrons. The topological polar surface area (TPSA) is 31.5 Å². The number of ether oxygens (including phenoxy) is 1. The van der Waals surface area contributed by atoms with Crippen molar-refractivity contribution < 1.29 is 4.74 Å². The van der Waals surface area contributed by atoms with Crippen LogP contribution in [0.2, 0.25) is 0 Å². The molecule has 0 N–H and O–H groups in total. The van der Waals surface area contributed by atoms with E-state index in [2.05, 4.69) is 4.74 Å². The van der Waals surface area contributed by atoms with Crippen LogP contribution < -0.4 is 0 Å². The Morgan fingerprint density at radius 2 is 2.67 bits per heavy atom. The standard InChI is InChI=1S/C4H6NO/c1-6-4-2-3-5/h4H,2H2,1H3/q+1. The van der Waals surface area contributed by atoms with Crippen molar-refractivity contribution in [1.29, 1.82) is 0 Å². The monoisotopic (exact) mass is 84.0 g/mol. The van der Waals surface area contributed by atoms with Crippen LogP contribution in [0.4, 0.5) is 0 Å². The van der Waals surface area contributed by atoms with Gasteiger partial charge in [0.2, 0.25) is 0 Å². The quantitative estimate of drug-likeness (QED) is 0.467. The normalized spacial score (nSPS) is 7.33. The van der Waals surface area contributed by atoms with E-state index in [1.165, 1.54) is 13.7 Å². The van der Waals surface area contributed by atoms with Gasteiger partial charge in [-0.05, 0) is 0 Å². The summed E-state index contributed by atoms with van der Waals surface area (Å²) in [4.78, 5) is 0. The molecule has 0 aliphatic heterocycles. The first-order valence-corrected chi connectivity index (χ1v) is 1.63. The molecular weight excluding hydrogens is 78.0 g/mol. The molecule has 0 amide bonds. The van der Waals surface area contributed by atoms with E-state index < -0.39 is 0 Å². The van der Waals surface area contributed by atoms with Crippen LogP contribution in [0.1, 0.15) is 6.42 Å².